The largest absolute Gasteiger partial charge is 0.507 e. The molecule has 0 bridgehead atoms. The molecule has 3 aromatic carbocycles. The number of aliphatic hydroxyl groups is 1. The molecule has 0 aliphatic carbocycles. The van der Waals surface area contributed by atoms with E-state index >= 15 is 0 Å². The Morgan fingerprint density at radius 1 is 0.895 bits per heavy atom. The molecule has 1 aliphatic rings. The van der Waals surface area contributed by atoms with Crippen LogP contribution in [0.4, 0.5) is 5.69 Å². The van der Waals surface area contributed by atoms with Crippen molar-refractivity contribution >= 4 is 23.1 Å². The number of rotatable bonds is 9. The molecule has 1 N–H and O–H groups in total. The van der Waals surface area contributed by atoms with E-state index < -0.39 is 17.7 Å². The van der Waals surface area contributed by atoms with Gasteiger partial charge in [-0.2, -0.15) is 0 Å². The van der Waals surface area contributed by atoms with Crippen molar-refractivity contribution in [1.29, 1.82) is 0 Å². The molecular weight excluding hydrogens is 486 g/mol. The summed E-state index contributed by atoms with van der Waals surface area (Å²) >= 11 is 0. The molecule has 4 rings (SSSR count). The number of methoxy groups -OCH3 is 2. The van der Waals surface area contributed by atoms with Crippen LogP contribution in [-0.4, -0.2) is 43.7 Å². The smallest absolute Gasteiger partial charge is 0.300 e. The van der Waals surface area contributed by atoms with Gasteiger partial charge in [0.15, 0.2) is 11.5 Å². The normalized spacial score (nSPS) is 16.6. The zero-order chi connectivity index (χ0) is 27.4. The molecule has 0 aromatic heterocycles. The van der Waals surface area contributed by atoms with Gasteiger partial charge in [0.1, 0.15) is 17.3 Å². The maximum absolute atomic E-state index is 13.4. The van der Waals surface area contributed by atoms with E-state index in [1.807, 2.05) is 20.8 Å². The van der Waals surface area contributed by atoms with Gasteiger partial charge < -0.3 is 24.1 Å². The maximum atomic E-state index is 13.4. The van der Waals surface area contributed by atoms with E-state index in [9.17, 15) is 14.7 Å². The van der Waals surface area contributed by atoms with Crippen molar-refractivity contribution in [2.45, 2.75) is 32.9 Å². The van der Waals surface area contributed by atoms with Crippen LogP contribution in [0, 0.1) is 0 Å². The summed E-state index contributed by atoms with van der Waals surface area (Å²) in [5.74, 6) is 0.291. The van der Waals surface area contributed by atoms with E-state index in [2.05, 4.69) is 0 Å². The van der Waals surface area contributed by atoms with Gasteiger partial charge in [0.2, 0.25) is 0 Å². The summed E-state index contributed by atoms with van der Waals surface area (Å²) in [6.07, 6.45) is -0.0135. The van der Waals surface area contributed by atoms with Crippen molar-refractivity contribution in [3.8, 4) is 23.0 Å². The molecule has 1 unspecified atom stereocenters. The molecular formula is C30H31NO7. The standard InChI is InChI=1S/C30H31NO7/c1-6-37-22-14-10-21(11-15-22)31-27(19-7-12-23(13-8-19)38-18(2)3)26(29(33)30(31)34)28(32)20-9-16-24(35-4)25(17-20)36-5/h7-18,27,32H,6H2,1-5H3/b28-26-. The minimum Gasteiger partial charge on any atom is -0.507 e. The second kappa shape index (κ2) is 11.3. The number of nitrogens with zero attached hydrogens (tertiary/aromatic N) is 1. The van der Waals surface area contributed by atoms with E-state index in [0.29, 0.717) is 46.4 Å². The first-order valence-electron chi connectivity index (χ1n) is 12.3. The lowest BCUT2D eigenvalue weighted by molar-refractivity contribution is -0.132. The Morgan fingerprint density at radius 2 is 1.53 bits per heavy atom. The molecule has 198 valence electrons. The number of hydrogen-bond donors (Lipinski definition) is 1. The van der Waals surface area contributed by atoms with Crippen molar-refractivity contribution in [3.63, 3.8) is 0 Å². The van der Waals surface area contributed by atoms with Gasteiger partial charge >= 0.3 is 0 Å². The summed E-state index contributed by atoms with van der Waals surface area (Å²) in [6.45, 7) is 6.24. The Hall–Kier alpha value is -4.46. The van der Waals surface area contributed by atoms with E-state index in [0.717, 1.165) is 0 Å². The van der Waals surface area contributed by atoms with Gasteiger partial charge in [-0.25, -0.2) is 0 Å². The third kappa shape index (κ3) is 5.16. The SMILES string of the molecule is CCOc1ccc(N2C(=O)C(=O)/C(=C(\O)c3ccc(OC)c(OC)c3)C2c2ccc(OC(C)C)cc2)cc1. The van der Waals surface area contributed by atoms with Crippen LogP contribution in [-0.2, 0) is 9.59 Å². The highest BCUT2D eigenvalue weighted by atomic mass is 16.5. The second-order valence-corrected chi connectivity index (χ2v) is 8.90. The molecule has 1 aliphatic heterocycles. The Balaban J connectivity index is 1.87. The van der Waals surface area contributed by atoms with Crippen LogP contribution in [0.15, 0.2) is 72.3 Å². The van der Waals surface area contributed by atoms with Crippen molar-refractivity contribution in [1.82, 2.24) is 0 Å². The number of carbonyl (C=O) groups is 2. The van der Waals surface area contributed by atoms with Gasteiger partial charge in [0.05, 0.1) is 38.5 Å². The zero-order valence-electron chi connectivity index (χ0n) is 22.1. The van der Waals surface area contributed by atoms with Gasteiger partial charge in [0.25, 0.3) is 11.7 Å². The number of benzene rings is 3. The quantitative estimate of drug-likeness (QED) is 0.227. The van der Waals surface area contributed by atoms with Crippen LogP contribution in [0.25, 0.3) is 5.76 Å². The van der Waals surface area contributed by atoms with Gasteiger partial charge in [0, 0.05) is 11.3 Å². The average Bonchev–Trinajstić information content (AvgIpc) is 3.18. The van der Waals surface area contributed by atoms with Crippen LogP contribution in [0.3, 0.4) is 0 Å². The van der Waals surface area contributed by atoms with Crippen molar-refractivity contribution in [3.05, 3.63) is 83.4 Å². The predicted octanol–water partition coefficient (Wildman–Crippen LogP) is 5.52. The van der Waals surface area contributed by atoms with Gasteiger partial charge in [-0.3, -0.25) is 14.5 Å². The predicted molar refractivity (Wildman–Crippen MR) is 144 cm³/mol. The van der Waals surface area contributed by atoms with Crippen molar-refractivity contribution in [2.24, 2.45) is 0 Å². The maximum Gasteiger partial charge on any atom is 0.300 e. The fourth-order valence-corrected chi connectivity index (χ4v) is 4.42. The number of anilines is 1. The molecule has 8 nitrogen and oxygen atoms in total. The third-order valence-corrected chi connectivity index (χ3v) is 6.09. The summed E-state index contributed by atoms with van der Waals surface area (Å²) in [4.78, 5) is 28.2. The summed E-state index contributed by atoms with van der Waals surface area (Å²) in [7, 11) is 2.99. The molecule has 1 heterocycles. The first kappa shape index (κ1) is 26.6. The summed E-state index contributed by atoms with van der Waals surface area (Å²) in [5.41, 5.74) is 1.41. The summed E-state index contributed by atoms with van der Waals surface area (Å²) < 4.78 is 22.0. The van der Waals surface area contributed by atoms with Crippen LogP contribution in [0.5, 0.6) is 23.0 Å². The molecule has 0 spiro atoms. The molecule has 3 aromatic rings. The van der Waals surface area contributed by atoms with Crippen molar-refractivity contribution < 1.29 is 33.6 Å². The lowest BCUT2D eigenvalue weighted by Gasteiger charge is -2.26. The van der Waals surface area contributed by atoms with Gasteiger partial charge in [-0.1, -0.05) is 12.1 Å². The molecule has 1 saturated heterocycles. The summed E-state index contributed by atoms with van der Waals surface area (Å²) in [6, 6.07) is 18.0. The fourth-order valence-electron chi connectivity index (χ4n) is 4.42. The zero-order valence-corrected chi connectivity index (χ0v) is 22.1. The molecule has 1 amide bonds. The minimum absolute atomic E-state index is 0.0135. The highest BCUT2D eigenvalue weighted by Gasteiger charge is 2.47. The molecule has 38 heavy (non-hydrogen) atoms. The molecule has 1 fully saturated rings. The van der Waals surface area contributed by atoms with E-state index in [-0.39, 0.29) is 17.4 Å². The Morgan fingerprint density at radius 3 is 2.11 bits per heavy atom. The van der Waals surface area contributed by atoms with Gasteiger partial charge in [-0.05, 0) is 80.9 Å². The summed E-state index contributed by atoms with van der Waals surface area (Å²) in [5, 5.41) is 11.4. The Bertz CT molecular complexity index is 1340. The first-order valence-corrected chi connectivity index (χ1v) is 12.3. The topological polar surface area (TPSA) is 94.5 Å². The average molecular weight is 518 g/mol. The molecule has 8 heteroatoms. The number of ether oxygens (including phenoxy) is 4. The molecule has 0 saturated carbocycles. The number of Topliss-reactive ketones (excluding diaryl/α,β-unsaturated/α-hetero) is 1. The van der Waals surface area contributed by atoms with Crippen molar-refractivity contribution in [2.75, 3.05) is 25.7 Å². The molecule has 0 radical (unpaired) electrons. The lowest BCUT2D eigenvalue weighted by atomic mass is 9.95. The van der Waals surface area contributed by atoms with E-state index in [1.54, 1.807) is 66.7 Å². The fraction of sp³-hybridized carbons (Fsp3) is 0.267. The monoisotopic (exact) mass is 517 g/mol. The Kier molecular flexibility index (Phi) is 7.90. The van der Waals surface area contributed by atoms with E-state index in [4.69, 9.17) is 18.9 Å². The second-order valence-electron chi connectivity index (χ2n) is 8.90. The lowest BCUT2D eigenvalue weighted by Crippen LogP contribution is -2.29. The molecule has 1 atom stereocenters. The number of hydrogen-bond acceptors (Lipinski definition) is 7. The van der Waals surface area contributed by atoms with E-state index in [1.165, 1.54) is 19.1 Å². The van der Waals surface area contributed by atoms with Crippen LogP contribution >= 0.6 is 0 Å². The van der Waals surface area contributed by atoms with Gasteiger partial charge in [-0.15, -0.1) is 0 Å². The minimum atomic E-state index is -0.880. The number of ketones is 1. The number of aliphatic hydroxyl groups excluding tert-OH is 1. The Labute approximate surface area is 222 Å². The number of carbonyl (C=O) groups excluding carboxylic acids is 2. The van der Waals surface area contributed by atoms with Crippen LogP contribution < -0.4 is 23.8 Å². The van der Waals surface area contributed by atoms with Crippen LogP contribution in [0.1, 0.15) is 37.9 Å². The highest BCUT2D eigenvalue weighted by molar-refractivity contribution is 6.51. The van der Waals surface area contributed by atoms with Crippen LogP contribution in [0.2, 0.25) is 0 Å². The third-order valence-electron chi connectivity index (χ3n) is 6.09. The first-order chi connectivity index (χ1) is 18.3. The number of amides is 1. The highest BCUT2D eigenvalue weighted by Crippen LogP contribution is 2.43.